The lowest BCUT2D eigenvalue weighted by molar-refractivity contribution is -0.384. The normalized spacial score (nSPS) is 11.2. The van der Waals surface area contributed by atoms with Gasteiger partial charge in [0, 0.05) is 29.5 Å². The monoisotopic (exact) mass is 449 g/mol. The van der Waals surface area contributed by atoms with E-state index in [0.29, 0.717) is 16.4 Å². The zero-order chi connectivity index (χ0) is 21.7. The molecule has 0 unspecified atom stereocenters. The average molecular weight is 449 g/mol. The third-order valence-electron chi connectivity index (χ3n) is 4.09. The number of rotatable bonds is 8. The van der Waals surface area contributed by atoms with E-state index in [4.69, 9.17) is 0 Å². The number of carbonyl (C=O) groups excluding carboxylic acids is 1. The number of nitro groups is 1. The molecule has 0 spiro atoms. The minimum atomic E-state index is -3.60. The highest BCUT2D eigenvalue weighted by atomic mass is 32.2. The predicted octanol–water partition coefficient (Wildman–Crippen LogP) is 4.05. The number of nitrogens with one attached hydrogen (secondary N) is 1. The maximum absolute atomic E-state index is 12.9. The number of non-ortho nitro benzene ring substituents is 1. The van der Waals surface area contributed by atoms with Crippen LogP contribution in [0.4, 0.5) is 15.2 Å². The molecule has 156 valence electrons. The van der Waals surface area contributed by atoms with Crippen LogP contribution in [0.3, 0.4) is 0 Å². The van der Waals surface area contributed by atoms with Crippen molar-refractivity contribution in [3.8, 4) is 11.3 Å². The minimum absolute atomic E-state index is 0.00540. The molecule has 0 aliphatic carbocycles. The molecule has 2 aromatic carbocycles. The van der Waals surface area contributed by atoms with Gasteiger partial charge < -0.3 is 5.32 Å². The Morgan fingerprint density at radius 3 is 2.63 bits per heavy atom. The molecule has 11 heteroatoms. The first kappa shape index (κ1) is 21.5. The van der Waals surface area contributed by atoms with Gasteiger partial charge in [0.05, 0.1) is 21.3 Å². The standard InChI is InChI=1S/C19H16FN3O5S2/c20-14-6-8-16(9-7-14)30(27,28)10-2-5-18(24)22-19-21-17(12-29-19)13-3-1-4-15(11-13)23(25)26/h1,3-4,6-9,11-12H,2,5,10H2,(H,21,22,24). The zero-order valence-electron chi connectivity index (χ0n) is 15.4. The fourth-order valence-corrected chi connectivity index (χ4v) is 4.65. The number of benzene rings is 2. The summed E-state index contributed by atoms with van der Waals surface area (Å²) < 4.78 is 37.3. The molecule has 0 saturated heterocycles. The molecule has 1 heterocycles. The molecule has 0 saturated carbocycles. The summed E-state index contributed by atoms with van der Waals surface area (Å²) in [5.41, 5.74) is 0.970. The van der Waals surface area contributed by atoms with E-state index in [-0.39, 0.29) is 29.2 Å². The van der Waals surface area contributed by atoms with Gasteiger partial charge in [-0.15, -0.1) is 11.3 Å². The molecular weight excluding hydrogens is 433 g/mol. The second-order valence-corrected chi connectivity index (χ2v) is 9.24. The van der Waals surface area contributed by atoms with Crippen LogP contribution in [0.5, 0.6) is 0 Å². The summed E-state index contributed by atoms with van der Waals surface area (Å²) in [5.74, 6) is -1.17. The number of sulfone groups is 1. The lowest BCUT2D eigenvalue weighted by atomic mass is 10.1. The van der Waals surface area contributed by atoms with E-state index in [0.717, 1.165) is 23.5 Å². The van der Waals surface area contributed by atoms with Crippen LogP contribution in [0, 0.1) is 15.9 Å². The Hall–Kier alpha value is -3.18. The highest BCUT2D eigenvalue weighted by Gasteiger charge is 2.16. The van der Waals surface area contributed by atoms with Crippen LogP contribution >= 0.6 is 11.3 Å². The predicted molar refractivity (Wildman–Crippen MR) is 111 cm³/mol. The number of thiazole rings is 1. The molecule has 1 amide bonds. The van der Waals surface area contributed by atoms with Gasteiger partial charge in [-0.1, -0.05) is 12.1 Å². The van der Waals surface area contributed by atoms with E-state index < -0.39 is 26.5 Å². The number of halogens is 1. The van der Waals surface area contributed by atoms with Crippen LogP contribution in [-0.2, 0) is 14.6 Å². The van der Waals surface area contributed by atoms with Crippen molar-refractivity contribution in [2.45, 2.75) is 17.7 Å². The smallest absolute Gasteiger partial charge is 0.270 e. The largest absolute Gasteiger partial charge is 0.302 e. The second kappa shape index (κ2) is 9.09. The van der Waals surface area contributed by atoms with Crippen molar-refractivity contribution < 1.29 is 22.5 Å². The molecule has 0 radical (unpaired) electrons. The molecule has 8 nitrogen and oxygen atoms in total. The Morgan fingerprint density at radius 1 is 1.20 bits per heavy atom. The minimum Gasteiger partial charge on any atom is -0.302 e. The maximum Gasteiger partial charge on any atom is 0.270 e. The summed E-state index contributed by atoms with van der Waals surface area (Å²) in [6.45, 7) is 0. The van der Waals surface area contributed by atoms with Gasteiger partial charge in [-0.2, -0.15) is 0 Å². The molecule has 3 aromatic rings. The second-order valence-electron chi connectivity index (χ2n) is 6.27. The number of nitro benzene ring substituents is 1. The van der Waals surface area contributed by atoms with E-state index in [1.165, 1.54) is 24.3 Å². The summed E-state index contributed by atoms with van der Waals surface area (Å²) >= 11 is 1.16. The van der Waals surface area contributed by atoms with Crippen molar-refractivity contribution in [3.63, 3.8) is 0 Å². The van der Waals surface area contributed by atoms with Gasteiger partial charge in [0.15, 0.2) is 15.0 Å². The van der Waals surface area contributed by atoms with Gasteiger partial charge in [-0.05, 0) is 30.7 Å². The topological polar surface area (TPSA) is 119 Å². The number of anilines is 1. The van der Waals surface area contributed by atoms with E-state index in [1.807, 2.05) is 0 Å². The Labute approximate surface area is 175 Å². The van der Waals surface area contributed by atoms with Gasteiger partial charge in [-0.25, -0.2) is 17.8 Å². The van der Waals surface area contributed by atoms with Crippen molar-refractivity contribution in [2.75, 3.05) is 11.1 Å². The van der Waals surface area contributed by atoms with Gasteiger partial charge >= 0.3 is 0 Å². The van der Waals surface area contributed by atoms with Gasteiger partial charge in [0.25, 0.3) is 5.69 Å². The van der Waals surface area contributed by atoms with Gasteiger partial charge in [-0.3, -0.25) is 14.9 Å². The van der Waals surface area contributed by atoms with E-state index in [2.05, 4.69) is 10.3 Å². The number of hydrogen-bond acceptors (Lipinski definition) is 7. The lowest BCUT2D eigenvalue weighted by Crippen LogP contribution is -2.14. The van der Waals surface area contributed by atoms with Crippen molar-refractivity contribution in [2.24, 2.45) is 0 Å². The van der Waals surface area contributed by atoms with Crippen molar-refractivity contribution >= 4 is 37.9 Å². The van der Waals surface area contributed by atoms with E-state index in [1.54, 1.807) is 17.5 Å². The molecule has 1 N–H and O–H groups in total. The molecule has 0 fully saturated rings. The van der Waals surface area contributed by atoms with E-state index in [9.17, 15) is 27.7 Å². The number of nitrogens with zero attached hydrogens (tertiary/aromatic N) is 2. The van der Waals surface area contributed by atoms with Crippen molar-refractivity contribution in [1.82, 2.24) is 4.98 Å². The SMILES string of the molecule is O=C(CCCS(=O)(=O)c1ccc(F)cc1)Nc1nc(-c2cccc([N+](=O)[O-])c2)cs1. The molecule has 30 heavy (non-hydrogen) atoms. The summed E-state index contributed by atoms with van der Waals surface area (Å²) in [6.07, 6.45) is 0.0564. The van der Waals surface area contributed by atoms with Crippen LogP contribution < -0.4 is 5.32 Å². The van der Waals surface area contributed by atoms with Crippen molar-refractivity contribution in [1.29, 1.82) is 0 Å². The number of aromatic nitrogens is 1. The first-order chi connectivity index (χ1) is 14.2. The van der Waals surface area contributed by atoms with Crippen LogP contribution in [0.25, 0.3) is 11.3 Å². The Kier molecular flexibility index (Phi) is 6.53. The van der Waals surface area contributed by atoms with Crippen LogP contribution in [-0.4, -0.2) is 30.0 Å². The van der Waals surface area contributed by atoms with Crippen molar-refractivity contribution in [3.05, 3.63) is 69.8 Å². The quantitative estimate of drug-likeness (QED) is 0.315. The van der Waals surface area contributed by atoms with E-state index >= 15 is 0 Å². The van der Waals surface area contributed by atoms with Gasteiger partial charge in [0.2, 0.25) is 5.91 Å². The highest BCUT2D eigenvalue weighted by Crippen LogP contribution is 2.27. The summed E-state index contributed by atoms with van der Waals surface area (Å²) in [6, 6.07) is 10.5. The molecule has 0 aliphatic rings. The lowest BCUT2D eigenvalue weighted by Gasteiger charge is -2.05. The Bertz CT molecular complexity index is 1180. The Balaban J connectivity index is 1.55. The van der Waals surface area contributed by atoms with Gasteiger partial charge in [0.1, 0.15) is 5.82 Å². The molecule has 0 atom stereocenters. The maximum atomic E-state index is 12.9. The average Bonchev–Trinajstić information content (AvgIpc) is 3.16. The first-order valence-corrected chi connectivity index (χ1v) is 11.3. The fourth-order valence-electron chi connectivity index (χ4n) is 2.61. The van der Waals surface area contributed by atoms with Crippen LogP contribution in [0.2, 0.25) is 0 Å². The molecule has 1 aromatic heterocycles. The summed E-state index contributed by atoms with van der Waals surface area (Å²) in [7, 11) is -3.60. The number of amides is 1. The first-order valence-electron chi connectivity index (χ1n) is 8.73. The molecular formula is C19H16FN3O5S2. The Morgan fingerprint density at radius 2 is 1.93 bits per heavy atom. The third kappa shape index (κ3) is 5.45. The number of carbonyl (C=O) groups is 1. The van der Waals surface area contributed by atoms with Crippen LogP contribution in [0.1, 0.15) is 12.8 Å². The summed E-state index contributed by atoms with van der Waals surface area (Å²) in [4.78, 5) is 26.7. The van der Waals surface area contributed by atoms with Crippen LogP contribution in [0.15, 0.2) is 58.8 Å². The molecule has 0 aliphatic heterocycles. The zero-order valence-corrected chi connectivity index (χ0v) is 17.1. The highest BCUT2D eigenvalue weighted by molar-refractivity contribution is 7.91. The summed E-state index contributed by atoms with van der Waals surface area (Å²) in [5, 5.41) is 15.4. The third-order valence-corrected chi connectivity index (χ3v) is 6.67. The molecule has 0 bridgehead atoms. The molecule has 3 rings (SSSR count). The fraction of sp³-hybridized carbons (Fsp3) is 0.158. The number of hydrogen-bond donors (Lipinski definition) is 1.